The number of hydrogen-bond acceptors (Lipinski definition) is 8. The highest BCUT2D eigenvalue weighted by molar-refractivity contribution is 7.90. The molecule has 0 N–H and O–H groups in total. The molecule has 10 heteroatoms. The number of benzene rings is 1. The maximum atomic E-state index is 12.5. The van der Waals surface area contributed by atoms with Gasteiger partial charge in [0.1, 0.15) is 6.10 Å². The number of aryl methyl sites for hydroxylation is 1. The van der Waals surface area contributed by atoms with E-state index in [-0.39, 0.29) is 11.4 Å². The fraction of sp³-hybridized carbons (Fsp3) is 0.519. The van der Waals surface area contributed by atoms with Crippen LogP contribution in [0.5, 0.6) is 5.19 Å². The number of rotatable bonds is 8. The van der Waals surface area contributed by atoms with Gasteiger partial charge in [0, 0.05) is 51.4 Å². The Labute approximate surface area is 222 Å². The summed E-state index contributed by atoms with van der Waals surface area (Å²) in [6.45, 7) is 4.93. The van der Waals surface area contributed by atoms with Gasteiger partial charge in [0.2, 0.25) is 16.0 Å². The van der Waals surface area contributed by atoms with Crippen LogP contribution in [0.1, 0.15) is 56.6 Å². The quantitative estimate of drug-likeness (QED) is 0.411. The fourth-order valence-corrected chi connectivity index (χ4v) is 7.82. The highest BCUT2D eigenvalue weighted by Crippen LogP contribution is 2.35. The number of anilines is 1. The Morgan fingerprint density at radius 3 is 2.54 bits per heavy atom. The number of fused-ring (bicyclic) bond motifs is 1. The van der Waals surface area contributed by atoms with Crippen molar-refractivity contribution in [1.82, 2.24) is 19.3 Å². The lowest BCUT2D eigenvalue weighted by Crippen LogP contribution is -2.39. The molecule has 2 aromatic heterocycles. The summed E-state index contributed by atoms with van der Waals surface area (Å²) in [6, 6.07) is 6.30. The Morgan fingerprint density at radius 1 is 1.08 bits per heavy atom. The molecule has 0 radical (unpaired) electrons. The molecule has 0 unspecified atom stereocenters. The van der Waals surface area contributed by atoms with Crippen LogP contribution in [0, 0.1) is 0 Å². The maximum Gasteiger partial charge on any atom is 0.274 e. The molecule has 1 saturated heterocycles. The van der Waals surface area contributed by atoms with Crippen molar-refractivity contribution in [2.45, 2.75) is 63.2 Å². The predicted molar refractivity (Wildman–Crippen MR) is 148 cm³/mol. The molecular weight excluding hydrogens is 506 g/mol. The molecule has 1 aliphatic carbocycles. The third kappa shape index (κ3) is 5.37. The second-order valence-electron chi connectivity index (χ2n) is 10.2. The minimum absolute atomic E-state index is 0.135. The summed E-state index contributed by atoms with van der Waals surface area (Å²) in [5, 5.41) is 0.567. The topological polar surface area (TPSA) is 88.5 Å². The number of nitrogens with zero attached hydrogens (tertiary/aromatic N) is 5. The second kappa shape index (κ2) is 10.3. The van der Waals surface area contributed by atoms with Gasteiger partial charge in [0.15, 0.2) is 0 Å². The summed E-state index contributed by atoms with van der Waals surface area (Å²) >= 11 is 1.58. The zero-order valence-electron chi connectivity index (χ0n) is 21.2. The smallest absolute Gasteiger partial charge is 0.274 e. The molecule has 2 aliphatic heterocycles. The molecule has 1 aromatic carbocycles. The van der Waals surface area contributed by atoms with Gasteiger partial charge in [-0.2, -0.15) is 4.31 Å². The van der Waals surface area contributed by atoms with Crippen LogP contribution >= 0.6 is 11.3 Å². The zero-order chi connectivity index (χ0) is 25.4. The first-order valence-electron chi connectivity index (χ1n) is 13.3. The summed E-state index contributed by atoms with van der Waals surface area (Å²) in [7, 11) is -3.11. The van der Waals surface area contributed by atoms with Crippen molar-refractivity contribution in [1.29, 1.82) is 0 Å². The van der Waals surface area contributed by atoms with Gasteiger partial charge in [0.05, 0.1) is 15.5 Å². The molecule has 0 spiro atoms. The van der Waals surface area contributed by atoms with Gasteiger partial charge in [-0.1, -0.05) is 36.8 Å². The van der Waals surface area contributed by atoms with Crippen LogP contribution in [0.3, 0.4) is 0 Å². The minimum atomic E-state index is -3.11. The molecule has 2 fully saturated rings. The molecule has 0 atom stereocenters. The van der Waals surface area contributed by atoms with Gasteiger partial charge in [-0.25, -0.2) is 23.4 Å². The highest BCUT2D eigenvalue weighted by atomic mass is 32.2. The number of thiazole rings is 1. The van der Waals surface area contributed by atoms with E-state index in [9.17, 15) is 8.42 Å². The van der Waals surface area contributed by atoms with Crippen molar-refractivity contribution in [2.75, 3.05) is 31.1 Å². The first-order valence-corrected chi connectivity index (χ1v) is 15.6. The van der Waals surface area contributed by atoms with Crippen molar-refractivity contribution < 1.29 is 13.2 Å². The van der Waals surface area contributed by atoms with Gasteiger partial charge in [-0.3, -0.25) is 0 Å². The lowest BCUT2D eigenvalue weighted by atomic mass is 10.0. The molecule has 3 aliphatic rings. The summed E-state index contributed by atoms with van der Waals surface area (Å²) in [4.78, 5) is 16.1. The summed E-state index contributed by atoms with van der Waals surface area (Å²) in [5.41, 5.74) is 4.48. The Kier molecular flexibility index (Phi) is 6.89. The molecule has 1 saturated carbocycles. The van der Waals surface area contributed by atoms with E-state index in [0.29, 0.717) is 18.3 Å². The Bertz CT molecular complexity index is 1390. The van der Waals surface area contributed by atoms with Crippen LogP contribution in [-0.4, -0.2) is 65.2 Å². The van der Waals surface area contributed by atoms with Crippen molar-refractivity contribution >= 4 is 43.1 Å². The molecule has 6 rings (SSSR count). The molecule has 0 amide bonds. The van der Waals surface area contributed by atoms with Crippen LogP contribution in [0.2, 0.25) is 0 Å². The average Bonchev–Trinajstić information content (AvgIpc) is 3.71. The van der Waals surface area contributed by atoms with Crippen LogP contribution in [0.4, 0.5) is 5.95 Å². The van der Waals surface area contributed by atoms with Crippen LogP contribution in [-0.2, 0) is 16.4 Å². The Hall–Kier alpha value is -2.56. The first kappa shape index (κ1) is 24.8. The number of ether oxygens (including phenoxy) is 1. The standard InChI is InChI=1S/C27H33N5O3S2/c1-2-3-19-17-28-26(29-18-19)31-12-10-22(11-13-31)35-27-30-24-7-4-21(16-25(24)36-27)20-8-14-32(15-9-20)37(33,34)23-5-6-23/h4,7-8,16-18,22-23H,2-3,5-6,9-15H2,1H3. The van der Waals surface area contributed by atoms with Crippen molar-refractivity contribution in [2.24, 2.45) is 0 Å². The van der Waals surface area contributed by atoms with Crippen molar-refractivity contribution in [3.05, 3.63) is 47.8 Å². The van der Waals surface area contributed by atoms with Gasteiger partial charge < -0.3 is 9.64 Å². The third-order valence-electron chi connectivity index (χ3n) is 7.44. The molecule has 3 aromatic rings. The van der Waals surface area contributed by atoms with E-state index in [1.165, 1.54) is 11.1 Å². The van der Waals surface area contributed by atoms with Crippen LogP contribution in [0.15, 0.2) is 36.7 Å². The van der Waals surface area contributed by atoms with Gasteiger partial charge in [-0.15, -0.1) is 0 Å². The molecular formula is C27H33N5O3S2. The van der Waals surface area contributed by atoms with E-state index >= 15 is 0 Å². The molecule has 196 valence electrons. The van der Waals surface area contributed by atoms with Gasteiger partial charge in [0.25, 0.3) is 5.19 Å². The summed E-state index contributed by atoms with van der Waals surface area (Å²) in [6.07, 6.45) is 12.4. The minimum Gasteiger partial charge on any atom is -0.467 e. The lowest BCUT2D eigenvalue weighted by Gasteiger charge is -2.31. The van der Waals surface area contributed by atoms with Gasteiger partial charge in [-0.05, 0) is 54.5 Å². The van der Waals surface area contributed by atoms with E-state index in [4.69, 9.17) is 9.72 Å². The average molecular weight is 540 g/mol. The van der Waals surface area contributed by atoms with E-state index < -0.39 is 10.0 Å². The maximum absolute atomic E-state index is 12.5. The summed E-state index contributed by atoms with van der Waals surface area (Å²) in [5.74, 6) is 0.802. The Morgan fingerprint density at radius 2 is 1.86 bits per heavy atom. The predicted octanol–water partition coefficient (Wildman–Crippen LogP) is 4.67. The van der Waals surface area contributed by atoms with E-state index in [1.807, 2.05) is 18.5 Å². The lowest BCUT2D eigenvalue weighted by molar-refractivity contribution is 0.170. The summed E-state index contributed by atoms with van der Waals surface area (Å²) < 4.78 is 34.1. The Balaban J connectivity index is 1.06. The monoisotopic (exact) mass is 539 g/mol. The van der Waals surface area contributed by atoms with Gasteiger partial charge >= 0.3 is 0 Å². The highest BCUT2D eigenvalue weighted by Gasteiger charge is 2.40. The number of aromatic nitrogens is 3. The largest absolute Gasteiger partial charge is 0.467 e. The molecule has 4 heterocycles. The number of piperidine rings is 1. The molecule has 8 nitrogen and oxygen atoms in total. The van der Waals surface area contributed by atoms with Crippen LogP contribution < -0.4 is 9.64 Å². The molecule has 37 heavy (non-hydrogen) atoms. The van der Waals surface area contributed by atoms with Crippen molar-refractivity contribution in [3.8, 4) is 5.19 Å². The van der Waals surface area contributed by atoms with Crippen molar-refractivity contribution in [3.63, 3.8) is 0 Å². The van der Waals surface area contributed by atoms with E-state index in [0.717, 1.165) is 79.8 Å². The molecule has 0 bridgehead atoms. The normalized spacial score (nSPS) is 19.8. The third-order valence-corrected chi connectivity index (χ3v) is 10.7. The number of sulfonamides is 1. The second-order valence-corrected chi connectivity index (χ2v) is 13.4. The van der Waals surface area contributed by atoms with E-state index in [1.54, 1.807) is 15.6 Å². The van der Waals surface area contributed by atoms with Crippen LogP contribution in [0.25, 0.3) is 15.8 Å². The van der Waals surface area contributed by atoms with E-state index in [2.05, 4.69) is 40.0 Å². The number of hydrogen-bond donors (Lipinski definition) is 0. The zero-order valence-corrected chi connectivity index (χ0v) is 22.8. The fourth-order valence-electron chi connectivity index (χ4n) is 5.12. The SMILES string of the molecule is CCCc1cnc(N2CCC(Oc3nc4ccc(C5=CCN(S(=O)(=O)C6CC6)CC5)cc4s3)CC2)nc1. The first-order chi connectivity index (χ1) is 18.0.